The predicted octanol–water partition coefficient (Wildman–Crippen LogP) is 0.912. The Labute approximate surface area is 58.3 Å². The summed E-state index contributed by atoms with van der Waals surface area (Å²) in [6, 6.07) is 3.42. The van der Waals surface area contributed by atoms with E-state index in [9.17, 15) is 4.39 Å². The molecule has 0 aliphatic heterocycles. The monoisotopic (exact) mass is 141 g/mol. The average molecular weight is 141 g/mol. The summed E-state index contributed by atoms with van der Waals surface area (Å²) in [7, 11) is 0. The van der Waals surface area contributed by atoms with Gasteiger partial charge in [-0.3, -0.25) is 4.98 Å². The Bertz CT molecular complexity index is 188. The average Bonchev–Trinajstić information content (AvgIpc) is 1.88. The lowest BCUT2D eigenvalue weighted by Crippen LogP contribution is -2.01. The lowest BCUT2D eigenvalue weighted by molar-refractivity contribution is 0.0429. The molecule has 0 aromatic carbocycles. The van der Waals surface area contributed by atoms with Crippen LogP contribution in [-0.4, -0.2) is 16.4 Å². The lowest BCUT2D eigenvalue weighted by atomic mass is 10.2. The van der Waals surface area contributed by atoms with E-state index in [4.69, 9.17) is 5.11 Å². The zero-order valence-corrected chi connectivity index (χ0v) is 5.37. The van der Waals surface area contributed by atoms with Crippen molar-refractivity contribution in [3.63, 3.8) is 0 Å². The van der Waals surface area contributed by atoms with Crippen molar-refractivity contribution in [2.24, 2.45) is 0 Å². The summed E-state index contributed by atoms with van der Waals surface area (Å²) < 4.78 is 11.9. The van der Waals surface area contributed by atoms with E-state index in [0.29, 0.717) is 5.56 Å². The Hall–Kier alpha value is -0.960. The molecule has 0 fully saturated rings. The van der Waals surface area contributed by atoms with Gasteiger partial charge in [0.25, 0.3) is 0 Å². The molecule has 1 atom stereocenters. The number of pyridine rings is 1. The summed E-state index contributed by atoms with van der Waals surface area (Å²) in [5.74, 6) is 0. The van der Waals surface area contributed by atoms with Crippen molar-refractivity contribution < 1.29 is 9.50 Å². The first-order chi connectivity index (χ1) is 4.79. The smallest absolute Gasteiger partial charge is 0.200 e. The number of aromatic nitrogens is 1. The highest BCUT2D eigenvalue weighted by atomic mass is 19.1. The second-order valence-corrected chi connectivity index (χ2v) is 2.00. The molecule has 10 heavy (non-hydrogen) atoms. The Kier molecular flexibility index (Phi) is 2.34. The SMILES string of the molecule is OC(F)Cc1cccnc1. The number of hydrogen-bond donors (Lipinski definition) is 1. The van der Waals surface area contributed by atoms with E-state index in [1.54, 1.807) is 18.3 Å². The molecule has 1 unspecified atom stereocenters. The van der Waals surface area contributed by atoms with Crippen molar-refractivity contribution in [3.8, 4) is 0 Å². The maximum atomic E-state index is 11.9. The quantitative estimate of drug-likeness (QED) is 0.664. The molecule has 0 bridgehead atoms. The van der Waals surface area contributed by atoms with E-state index in [-0.39, 0.29) is 6.42 Å². The number of hydrogen-bond acceptors (Lipinski definition) is 2. The van der Waals surface area contributed by atoms with Crippen LogP contribution in [-0.2, 0) is 6.42 Å². The van der Waals surface area contributed by atoms with Gasteiger partial charge in [0.15, 0.2) is 6.36 Å². The molecular formula is C7H8FNO. The fraction of sp³-hybridized carbons (Fsp3) is 0.286. The molecule has 0 aliphatic rings. The first kappa shape index (κ1) is 7.15. The molecule has 3 heteroatoms. The van der Waals surface area contributed by atoms with Crippen molar-refractivity contribution in [3.05, 3.63) is 30.1 Å². The van der Waals surface area contributed by atoms with Gasteiger partial charge >= 0.3 is 0 Å². The molecule has 0 spiro atoms. The standard InChI is InChI=1S/C7H8FNO/c8-7(10)4-6-2-1-3-9-5-6/h1-3,5,7,10H,4H2. The number of aliphatic hydroxyl groups is 1. The molecule has 1 aromatic rings. The Balaban J connectivity index is 2.59. The van der Waals surface area contributed by atoms with Crippen LogP contribution in [0, 0.1) is 0 Å². The third-order valence-electron chi connectivity index (χ3n) is 1.13. The lowest BCUT2D eigenvalue weighted by Gasteiger charge is -1.98. The third-order valence-corrected chi connectivity index (χ3v) is 1.13. The van der Waals surface area contributed by atoms with Gasteiger partial charge in [0, 0.05) is 18.8 Å². The maximum absolute atomic E-state index is 11.9. The summed E-state index contributed by atoms with van der Waals surface area (Å²) in [5.41, 5.74) is 0.706. The zero-order valence-electron chi connectivity index (χ0n) is 5.37. The largest absolute Gasteiger partial charge is 0.364 e. The van der Waals surface area contributed by atoms with Gasteiger partial charge in [-0.05, 0) is 11.6 Å². The zero-order chi connectivity index (χ0) is 7.40. The number of halogens is 1. The first-order valence-electron chi connectivity index (χ1n) is 3.00. The van der Waals surface area contributed by atoms with Crippen molar-refractivity contribution in [2.75, 3.05) is 0 Å². The fourth-order valence-corrected chi connectivity index (χ4v) is 0.713. The molecule has 0 saturated carbocycles. The summed E-state index contributed by atoms with van der Waals surface area (Å²) in [6.07, 6.45) is 1.38. The number of aliphatic hydroxyl groups excluding tert-OH is 1. The number of alkyl halides is 1. The van der Waals surface area contributed by atoms with Crippen LogP contribution in [0.3, 0.4) is 0 Å². The van der Waals surface area contributed by atoms with Crippen molar-refractivity contribution in [1.29, 1.82) is 0 Å². The first-order valence-corrected chi connectivity index (χ1v) is 3.00. The van der Waals surface area contributed by atoms with Crippen LogP contribution in [0.25, 0.3) is 0 Å². The van der Waals surface area contributed by atoms with Gasteiger partial charge in [-0.15, -0.1) is 0 Å². The van der Waals surface area contributed by atoms with Crippen LogP contribution in [0.4, 0.5) is 4.39 Å². The van der Waals surface area contributed by atoms with Gasteiger partial charge in [0.05, 0.1) is 0 Å². The fourth-order valence-electron chi connectivity index (χ4n) is 0.713. The van der Waals surface area contributed by atoms with Crippen molar-refractivity contribution in [1.82, 2.24) is 4.98 Å². The minimum Gasteiger partial charge on any atom is -0.364 e. The predicted molar refractivity (Wildman–Crippen MR) is 35.1 cm³/mol. The molecule has 0 amide bonds. The van der Waals surface area contributed by atoms with Crippen LogP contribution in [0.15, 0.2) is 24.5 Å². The van der Waals surface area contributed by atoms with Gasteiger partial charge in [0.2, 0.25) is 0 Å². The van der Waals surface area contributed by atoms with Crippen molar-refractivity contribution in [2.45, 2.75) is 12.8 Å². The van der Waals surface area contributed by atoms with Gasteiger partial charge in [0.1, 0.15) is 0 Å². The molecule has 0 aliphatic carbocycles. The highest BCUT2D eigenvalue weighted by Gasteiger charge is 2.00. The normalized spacial score (nSPS) is 13.0. The van der Waals surface area contributed by atoms with E-state index >= 15 is 0 Å². The molecule has 1 N–H and O–H groups in total. The molecular weight excluding hydrogens is 133 g/mol. The van der Waals surface area contributed by atoms with Crippen LogP contribution in [0.1, 0.15) is 5.56 Å². The second-order valence-electron chi connectivity index (χ2n) is 2.00. The molecule has 2 nitrogen and oxygen atoms in total. The summed E-state index contributed by atoms with van der Waals surface area (Å²) in [5, 5.41) is 8.31. The minimum atomic E-state index is -1.77. The number of rotatable bonds is 2. The highest BCUT2D eigenvalue weighted by Crippen LogP contribution is 2.00. The summed E-state index contributed by atoms with van der Waals surface area (Å²) >= 11 is 0. The van der Waals surface area contributed by atoms with E-state index in [2.05, 4.69) is 4.98 Å². The maximum Gasteiger partial charge on any atom is 0.200 e. The van der Waals surface area contributed by atoms with Crippen LogP contribution in [0.2, 0.25) is 0 Å². The Morgan fingerprint density at radius 2 is 2.50 bits per heavy atom. The van der Waals surface area contributed by atoms with Crippen molar-refractivity contribution >= 4 is 0 Å². The molecule has 0 radical (unpaired) electrons. The highest BCUT2D eigenvalue weighted by molar-refractivity contribution is 5.08. The summed E-state index contributed by atoms with van der Waals surface area (Å²) in [6.45, 7) is 0. The molecule has 54 valence electrons. The van der Waals surface area contributed by atoms with E-state index < -0.39 is 6.36 Å². The van der Waals surface area contributed by atoms with Crippen LogP contribution < -0.4 is 0 Å². The third kappa shape index (κ3) is 2.11. The minimum absolute atomic E-state index is 0.0217. The van der Waals surface area contributed by atoms with E-state index in [1.165, 1.54) is 6.20 Å². The van der Waals surface area contributed by atoms with Gasteiger partial charge in [-0.2, -0.15) is 0 Å². The molecule has 1 aromatic heterocycles. The Morgan fingerprint density at radius 3 is 3.00 bits per heavy atom. The second kappa shape index (κ2) is 3.27. The van der Waals surface area contributed by atoms with E-state index in [1.807, 2.05) is 0 Å². The van der Waals surface area contributed by atoms with Gasteiger partial charge in [-0.25, -0.2) is 4.39 Å². The summed E-state index contributed by atoms with van der Waals surface area (Å²) in [4.78, 5) is 3.76. The van der Waals surface area contributed by atoms with Gasteiger partial charge < -0.3 is 5.11 Å². The van der Waals surface area contributed by atoms with E-state index in [0.717, 1.165) is 0 Å². The molecule has 1 heterocycles. The molecule has 1 rings (SSSR count). The Morgan fingerprint density at radius 1 is 1.70 bits per heavy atom. The molecule has 0 saturated heterocycles. The van der Waals surface area contributed by atoms with Crippen LogP contribution in [0.5, 0.6) is 0 Å². The van der Waals surface area contributed by atoms with Crippen LogP contribution >= 0.6 is 0 Å². The topological polar surface area (TPSA) is 33.1 Å². The number of nitrogens with zero attached hydrogens (tertiary/aromatic N) is 1. The van der Waals surface area contributed by atoms with Gasteiger partial charge in [-0.1, -0.05) is 6.07 Å².